The molecule has 0 bridgehead atoms. The summed E-state index contributed by atoms with van der Waals surface area (Å²) in [6.45, 7) is 0. The maximum absolute atomic E-state index is 12.7. The van der Waals surface area contributed by atoms with Gasteiger partial charge in [0.25, 0.3) is 15.6 Å². The molecule has 134 valence electrons. The number of H-pyrrole nitrogens is 1. The number of nitrogens with zero attached hydrogens (tertiary/aromatic N) is 1. The van der Waals surface area contributed by atoms with Gasteiger partial charge in [-0.3, -0.25) is 4.79 Å². The first kappa shape index (κ1) is 21.2. The normalized spacial score (nSPS) is 11.1. The van der Waals surface area contributed by atoms with E-state index in [0.29, 0.717) is 6.07 Å². The van der Waals surface area contributed by atoms with E-state index in [1.54, 1.807) is 0 Å². The number of fused-ring (bicyclic) bond motifs is 1. The van der Waals surface area contributed by atoms with Crippen molar-refractivity contribution in [1.29, 1.82) is 0 Å². The number of aromatic nitrogens is 2. The monoisotopic (exact) mass is 418 g/mol. The molecule has 0 atom stereocenters. The summed E-state index contributed by atoms with van der Waals surface area (Å²) in [4.78, 5) is 37.0. The Morgan fingerprint density at radius 1 is 1.15 bits per heavy atom. The Bertz CT molecular complexity index is 1300. The third kappa shape index (κ3) is 3.66. The number of rotatable bonds is 3. The second kappa shape index (κ2) is 7.49. The molecule has 0 saturated heterocycles. The van der Waals surface area contributed by atoms with Crippen molar-refractivity contribution in [3.63, 3.8) is 0 Å². The number of carboxylic acid groups (broad SMARTS) is 1. The predicted octanol–water partition coefficient (Wildman–Crippen LogP) is -3.35. The molecular formula is C15H8ClN2NaO7S. The van der Waals surface area contributed by atoms with Crippen LogP contribution in [-0.2, 0) is 10.0 Å². The van der Waals surface area contributed by atoms with E-state index in [9.17, 15) is 33.0 Å². The van der Waals surface area contributed by atoms with Gasteiger partial charge < -0.3 is 20.0 Å². The van der Waals surface area contributed by atoms with Crippen LogP contribution in [0.1, 0.15) is 10.4 Å². The summed E-state index contributed by atoms with van der Waals surface area (Å²) in [5.41, 5.74) is -2.95. The van der Waals surface area contributed by atoms with Crippen LogP contribution in [0.4, 0.5) is 0 Å². The van der Waals surface area contributed by atoms with Crippen molar-refractivity contribution in [3.05, 3.63) is 67.8 Å². The minimum absolute atomic E-state index is 0. The largest absolute Gasteiger partial charge is 1.00 e. The molecule has 0 spiro atoms. The van der Waals surface area contributed by atoms with Gasteiger partial charge in [0.1, 0.15) is 5.75 Å². The van der Waals surface area contributed by atoms with E-state index in [0.717, 1.165) is 12.1 Å². The molecule has 0 unspecified atom stereocenters. The zero-order chi connectivity index (χ0) is 19.2. The third-order valence-corrected chi connectivity index (χ3v) is 5.45. The average molecular weight is 419 g/mol. The van der Waals surface area contributed by atoms with Crippen LogP contribution in [0.5, 0.6) is 5.75 Å². The molecule has 0 aliphatic rings. The van der Waals surface area contributed by atoms with E-state index in [4.69, 9.17) is 11.6 Å². The van der Waals surface area contributed by atoms with Crippen LogP contribution in [0.3, 0.4) is 0 Å². The SMILES string of the molecule is O=C([O-])c1ccc(S(=O)(=O)n2c(=O)[nH]c3cc(Cl)ccc3c2=O)cc1O.[Na+]. The Morgan fingerprint density at radius 2 is 1.81 bits per heavy atom. The zero-order valence-corrected chi connectivity index (χ0v) is 17.2. The van der Waals surface area contributed by atoms with Crippen LogP contribution in [-0.4, -0.2) is 28.5 Å². The maximum Gasteiger partial charge on any atom is 1.00 e. The number of hydrogen-bond acceptors (Lipinski definition) is 7. The van der Waals surface area contributed by atoms with Crippen LogP contribution >= 0.6 is 11.6 Å². The first-order chi connectivity index (χ1) is 12.1. The summed E-state index contributed by atoms with van der Waals surface area (Å²) < 4.78 is 25.3. The predicted molar refractivity (Wildman–Crippen MR) is 88.9 cm³/mol. The van der Waals surface area contributed by atoms with Crippen molar-refractivity contribution in [2.75, 3.05) is 0 Å². The van der Waals surface area contributed by atoms with Gasteiger partial charge in [-0.25, -0.2) is 13.2 Å². The smallest absolute Gasteiger partial charge is 0.545 e. The summed E-state index contributed by atoms with van der Waals surface area (Å²) >= 11 is 5.78. The van der Waals surface area contributed by atoms with Crippen LogP contribution in [0.2, 0.25) is 5.02 Å². The number of carbonyl (C=O) groups excluding carboxylic acids is 1. The van der Waals surface area contributed by atoms with Crippen LogP contribution in [0.15, 0.2) is 50.9 Å². The van der Waals surface area contributed by atoms with Gasteiger partial charge in [0.15, 0.2) is 0 Å². The number of halogens is 1. The van der Waals surface area contributed by atoms with Crippen molar-refractivity contribution in [2.24, 2.45) is 0 Å². The van der Waals surface area contributed by atoms with Crippen molar-refractivity contribution < 1.29 is 53.0 Å². The van der Waals surface area contributed by atoms with Crippen molar-refractivity contribution in [3.8, 4) is 5.75 Å². The van der Waals surface area contributed by atoms with Crippen molar-refractivity contribution >= 4 is 38.5 Å². The number of carboxylic acids is 1. The zero-order valence-electron chi connectivity index (χ0n) is 13.6. The topological polar surface area (TPSA) is 149 Å². The van der Waals surface area contributed by atoms with Gasteiger partial charge in [0.2, 0.25) is 0 Å². The molecule has 0 amide bonds. The molecule has 1 aromatic heterocycles. The molecule has 0 aliphatic heterocycles. The number of benzene rings is 2. The molecule has 0 aliphatic carbocycles. The number of aromatic amines is 1. The molecule has 2 N–H and O–H groups in total. The van der Waals surface area contributed by atoms with Crippen molar-refractivity contribution in [1.82, 2.24) is 8.96 Å². The first-order valence-corrected chi connectivity index (χ1v) is 8.69. The molecule has 3 aromatic rings. The quantitative estimate of drug-likeness (QED) is 0.422. The van der Waals surface area contributed by atoms with Gasteiger partial charge in [0, 0.05) is 16.7 Å². The van der Waals surface area contributed by atoms with E-state index in [1.165, 1.54) is 18.2 Å². The molecule has 0 fully saturated rings. The van der Waals surface area contributed by atoms with Crippen LogP contribution in [0.25, 0.3) is 10.9 Å². The van der Waals surface area contributed by atoms with Crippen LogP contribution < -0.4 is 45.9 Å². The first-order valence-electron chi connectivity index (χ1n) is 6.87. The van der Waals surface area contributed by atoms with E-state index < -0.39 is 43.5 Å². The van der Waals surface area contributed by atoms with Gasteiger partial charge in [-0.1, -0.05) is 11.6 Å². The number of nitrogens with one attached hydrogen (secondary N) is 1. The molecule has 9 nitrogen and oxygen atoms in total. The summed E-state index contributed by atoms with van der Waals surface area (Å²) in [6.07, 6.45) is 0. The minimum atomic E-state index is -4.71. The fraction of sp³-hybridized carbons (Fsp3) is 0. The fourth-order valence-electron chi connectivity index (χ4n) is 2.34. The molecule has 27 heavy (non-hydrogen) atoms. The number of aromatic hydroxyl groups is 1. The van der Waals surface area contributed by atoms with Gasteiger partial charge in [-0.05, 0) is 30.3 Å². The Labute approximate surface area is 178 Å². The van der Waals surface area contributed by atoms with E-state index in [1.807, 2.05) is 0 Å². The van der Waals surface area contributed by atoms with Gasteiger partial charge >= 0.3 is 35.2 Å². The number of aromatic carboxylic acids is 1. The molecule has 0 saturated carbocycles. The standard InChI is InChI=1S/C15H9ClN2O7S.Na/c16-7-1-3-9-11(5-7)17-15(23)18(13(9)20)26(24,25)8-2-4-10(14(21)22)12(19)6-8;/h1-6,19H,(H,17,23)(H,21,22);/q;+1/p-1. The minimum Gasteiger partial charge on any atom is -0.545 e. The molecular weight excluding hydrogens is 411 g/mol. The second-order valence-corrected chi connectivity index (χ2v) is 7.38. The third-order valence-electron chi connectivity index (χ3n) is 3.55. The Balaban J connectivity index is 0.00000261. The van der Waals surface area contributed by atoms with Gasteiger partial charge in [-0.2, -0.15) is 0 Å². The summed E-state index contributed by atoms with van der Waals surface area (Å²) in [7, 11) is -4.71. The van der Waals surface area contributed by atoms with Gasteiger partial charge in [-0.15, -0.1) is 3.97 Å². The molecule has 3 rings (SSSR count). The maximum atomic E-state index is 12.7. The van der Waals surface area contributed by atoms with Crippen molar-refractivity contribution in [2.45, 2.75) is 4.90 Å². The molecule has 12 heteroatoms. The molecule has 2 aromatic carbocycles. The average Bonchev–Trinajstić information content (AvgIpc) is 2.53. The summed E-state index contributed by atoms with van der Waals surface area (Å²) in [6, 6.07) is 6.12. The Hall–Kier alpha value is -2.11. The summed E-state index contributed by atoms with van der Waals surface area (Å²) in [5.74, 6) is -2.60. The number of carbonyl (C=O) groups is 1. The fourth-order valence-corrected chi connectivity index (χ4v) is 3.81. The number of hydrogen-bond donors (Lipinski definition) is 2. The van der Waals surface area contributed by atoms with Gasteiger partial charge in [0.05, 0.1) is 21.8 Å². The van der Waals surface area contributed by atoms with E-state index in [-0.39, 0.29) is 49.5 Å². The Kier molecular flexibility index (Phi) is 5.88. The Morgan fingerprint density at radius 3 is 2.41 bits per heavy atom. The summed E-state index contributed by atoms with van der Waals surface area (Å²) in [5, 5.41) is 20.6. The van der Waals surface area contributed by atoms with Crippen LogP contribution in [0, 0.1) is 0 Å². The van der Waals surface area contributed by atoms with E-state index >= 15 is 0 Å². The molecule has 1 heterocycles. The molecule has 0 radical (unpaired) electrons. The van der Waals surface area contributed by atoms with E-state index in [2.05, 4.69) is 4.98 Å². The number of phenols is 1. The second-order valence-electron chi connectivity index (χ2n) is 5.16.